The molecule has 10 aromatic rings. The van der Waals surface area contributed by atoms with Crippen molar-refractivity contribution in [2.24, 2.45) is 5.92 Å². The molecule has 2 atom stereocenters. The van der Waals surface area contributed by atoms with E-state index in [1.807, 2.05) is 6.20 Å². The van der Waals surface area contributed by atoms with Crippen molar-refractivity contribution >= 4 is 32.8 Å². The van der Waals surface area contributed by atoms with Gasteiger partial charge in [-0.05, 0) is 17.0 Å². The maximum atomic E-state index is 6.85. The first kappa shape index (κ1) is 40.0. The minimum absolute atomic E-state index is 0.00794. The fourth-order valence-electron chi connectivity index (χ4n) is 11.1. The molecule has 0 radical (unpaired) electrons. The first-order valence-electron chi connectivity index (χ1n) is 23.1. The van der Waals surface area contributed by atoms with Gasteiger partial charge in [0.1, 0.15) is 0 Å². The van der Waals surface area contributed by atoms with E-state index in [4.69, 9.17) is 9.72 Å². The Kier molecular flexibility index (Phi) is 9.76. The molecule has 1 saturated carbocycles. The molecule has 322 valence electrons. The molecular weight excluding hydrogens is 976 g/mol. The normalized spacial score (nSPS) is 16.0. The van der Waals surface area contributed by atoms with Gasteiger partial charge in [0.05, 0.1) is 0 Å². The molecule has 1 fully saturated rings. The second-order valence-corrected chi connectivity index (χ2v) is 20.0. The SMILES string of the molecule is CC(C)(C)c1ccnc(-n2c3ccccc3c3ccc(Oc4cccc(-n5[c](=[Pt])n(-c6c(-c7ccccc7)cc7c(c6-c6ccccc6)CCC6CCCC76)c6ccccc65)c4)cc32)c1. The summed E-state index contributed by atoms with van der Waals surface area (Å²) in [5.74, 6) is 3.84. The van der Waals surface area contributed by atoms with Crippen molar-refractivity contribution in [1.29, 1.82) is 0 Å². The Morgan fingerprint density at radius 3 is 2.06 bits per heavy atom. The molecule has 3 aromatic heterocycles. The topological polar surface area (TPSA) is 36.9 Å². The third-order valence-electron chi connectivity index (χ3n) is 14.1. The molecule has 2 aliphatic carbocycles. The van der Waals surface area contributed by atoms with Crippen molar-refractivity contribution in [3.05, 3.63) is 197 Å². The van der Waals surface area contributed by atoms with Crippen molar-refractivity contribution in [2.75, 3.05) is 0 Å². The van der Waals surface area contributed by atoms with Crippen LogP contribution in [0.25, 0.3) is 72.3 Å². The van der Waals surface area contributed by atoms with Crippen molar-refractivity contribution < 1.29 is 24.1 Å². The van der Waals surface area contributed by atoms with Crippen molar-refractivity contribution in [2.45, 2.75) is 64.2 Å². The number of fused-ring (bicyclic) bond motifs is 7. The van der Waals surface area contributed by atoms with Crippen LogP contribution in [0.2, 0.25) is 0 Å². The second-order valence-electron chi connectivity index (χ2n) is 19.0. The number of pyridine rings is 1. The number of para-hydroxylation sites is 3. The molecule has 3 heterocycles. The van der Waals surface area contributed by atoms with Gasteiger partial charge in [0, 0.05) is 6.20 Å². The number of nitrogens with zero attached hydrogens (tertiary/aromatic N) is 4. The van der Waals surface area contributed by atoms with Crippen LogP contribution in [0.15, 0.2) is 176 Å². The first-order chi connectivity index (χ1) is 31.8. The molecule has 0 saturated heterocycles. The number of ether oxygens (including phenoxy) is 1. The quantitative estimate of drug-likeness (QED) is 0.160. The van der Waals surface area contributed by atoms with Crippen LogP contribution in [0.4, 0.5) is 0 Å². The third-order valence-corrected chi connectivity index (χ3v) is 15.2. The number of hydrogen-bond acceptors (Lipinski definition) is 2. The average Bonchev–Trinajstić information content (AvgIpc) is 4.03. The van der Waals surface area contributed by atoms with E-state index < -0.39 is 0 Å². The zero-order chi connectivity index (χ0) is 43.8. The summed E-state index contributed by atoms with van der Waals surface area (Å²) in [5, 5.41) is 2.35. The van der Waals surface area contributed by atoms with Gasteiger partial charge in [-0.15, -0.1) is 0 Å². The maximum absolute atomic E-state index is 6.85. The van der Waals surface area contributed by atoms with Crippen LogP contribution in [0.1, 0.15) is 69.1 Å². The van der Waals surface area contributed by atoms with Crippen LogP contribution in [-0.2, 0) is 31.2 Å². The van der Waals surface area contributed by atoms with Crippen LogP contribution in [0, 0.1) is 9.72 Å². The summed E-state index contributed by atoms with van der Waals surface area (Å²) in [5.41, 5.74) is 16.3. The Balaban J connectivity index is 1.02. The standard InChI is InChI=1S/C59H50N4O.Pt/c1-59(2,3)42-32-33-60-56(34-42)63-52-25-11-10-23-47(52)48-31-29-45(36-55(48)63)64-44-22-15-21-43(35-44)61-38-62(54-27-13-12-26-53(54)61)58-50(39-16-6-4-7-17-39)37-51-46-24-14-20-40(46)28-30-49(51)57(58)41-18-8-5-9-19-41;/h4-13,15-19,21-23,25-27,29,31-37,40,46H,14,20,24,28,30H2,1-3H3;. The number of hydrogen-bond donors (Lipinski definition) is 0. The molecule has 0 amide bonds. The van der Waals surface area contributed by atoms with E-state index in [0.717, 1.165) is 66.6 Å². The summed E-state index contributed by atoms with van der Waals surface area (Å²) < 4.78 is 15.2. The summed E-state index contributed by atoms with van der Waals surface area (Å²) in [4.78, 5) is 4.91. The van der Waals surface area contributed by atoms with E-state index >= 15 is 0 Å². The Labute approximate surface area is 391 Å². The summed E-state index contributed by atoms with van der Waals surface area (Å²) in [7, 11) is 0. The molecule has 7 aromatic carbocycles. The van der Waals surface area contributed by atoms with Crippen molar-refractivity contribution in [1.82, 2.24) is 18.7 Å². The molecule has 2 unspecified atom stereocenters. The molecule has 12 rings (SSSR count). The molecule has 0 spiro atoms. The van der Waals surface area contributed by atoms with Crippen LogP contribution in [0.5, 0.6) is 11.5 Å². The Hall–Kier alpha value is -6.55. The molecule has 6 heteroatoms. The van der Waals surface area contributed by atoms with E-state index in [2.05, 4.69) is 224 Å². The van der Waals surface area contributed by atoms with Gasteiger partial charge >= 0.3 is 337 Å². The predicted octanol–water partition coefficient (Wildman–Crippen LogP) is 15.2. The molecular formula is C59H50N4OPt. The van der Waals surface area contributed by atoms with Gasteiger partial charge in [0.2, 0.25) is 0 Å². The van der Waals surface area contributed by atoms with Crippen LogP contribution in [-0.4, -0.2) is 18.7 Å². The monoisotopic (exact) mass is 1030 g/mol. The van der Waals surface area contributed by atoms with Gasteiger partial charge in [-0.1, -0.05) is 32.9 Å². The van der Waals surface area contributed by atoms with Gasteiger partial charge in [0.15, 0.2) is 0 Å². The van der Waals surface area contributed by atoms with E-state index in [1.165, 1.54) is 70.1 Å². The van der Waals surface area contributed by atoms with Crippen LogP contribution >= 0.6 is 0 Å². The fraction of sp³-hybridized carbons (Fsp3) is 0.186. The summed E-state index contributed by atoms with van der Waals surface area (Å²) in [6.07, 6.45) is 8.24. The molecule has 2 aliphatic rings. The van der Waals surface area contributed by atoms with E-state index in [0.29, 0.717) is 5.92 Å². The summed E-state index contributed by atoms with van der Waals surface area (Å²) >= 11 is 2.57. The number of rotatable bonds is 7. The van der Waals surface area contributed by atoms with E-state index in [-0.39, 0.29) is 5.41 Å². The Morgan fingerprint density at radius 2 is 1.28 bits per heavy atom. The number of aromatic nitrogens is 4. The second kappa shape index (κ2) is 15.9. The van der Waals surface area contributed by atoms with Gasteiger partial charge in [-0.3, -0.25) is 0 Å². The summed E-state index contributed by atoms with van der Waals surface area (Å²) in [6.45, 7) is 6.74. The van der Waals surface area contributed by atoms with Gasteiger partial charge < -0.3 is 0 Å². The van der Waals surface area contributed by atoms with Crippen LogP contribution < -0.4 is 4.74 Å². The zero-order valence-corrected chi connectivity index (χ0v) is 39.2. The predicted molar refractivity (Wildman–Crippen MR) is 262 cm³/mol. The Bertz CT molecular complexity index is 3520. The molecule has 0 bridgehead atoms. The molecule has 0 N–H and O–H groups in total. The van der Waals surface area contributed by atoms with Gasteiger partial charge in [0.25, 0.3) is 0 Å². The Morgan fingerprint density at radius 1 is 0.585 bits per heavy atom. The molecule has 0 aliphatic heterocycles. The zero-order valence-electron chi connectivity index (χ0n) is 36.9. The van der Waals surface area contributed by atoms with Gasteiger partial charge in [-0.25, -0.2) is 0 Å². The van der Waals surface area contributed by atoms with Crippen molar-refractivity contribution in [3.8, 4) is 50.9 Å². The first-order valence-corrected chi connectivity index (χ1v) is 24.2. The third kappa shape index (κ3) is 6.78. The molecule has 65 heavy (non-hydrogen) atoms. The van der Waals surface area contributed by atoms with E-state index in [9.17, 15) is 0 Å². The number of imidazole rings is 1. The average molecular weight is 1030 g/mol. The summed E-state index contributed by atoms with van der Waals surface area (Å²) in [6, 6.07) is 61.6. The van der Waals surface area contributed by atoms with E-state index in [1.54, 1.807) is 5.56 Å². The fourth-order valence-corrected chi connectivity index (χ4v) is 12.2. The van der Waals surface area contributed by atoms with Gasteiger partial charge in [-0.2, -0.15) is 0 Å². The number of benzene rings is 7. The minimum atomic E-state index is -0.00794. The molecule has 5 nitrogen and oxygen atoms in total. The van der Waals surface area contributed by atoms with Crippen LogP contribution in [0.3, 0.4) is 0 Å². The van der Waals surface area contributed by atoms with Crippen molar-refractivity contribution in [3.63, 3.8) is 0 Å².